The molecule has 0 aromatic carbocycles. The Morgan fingerprint density at radius 2 is 1.79 bits per heavy atom. The van der Waals surface area contributed by atoms with Crippen LogP contribution in [-0.2, 0) is 6.42 Å². The minimum absolute atomic E-state index is 0.605. The van der Waals surface area contributed by atoms with Gasteiger partial charge in [-0.3, -0.25) is 0 Å². The number of thiophene rings is 1. The molecule has 1 aromatic heterocycles. The predicted octanol–water partition coefficient (Wildman–Crippen LogP) is 5.32. The molecule has 1 nitrogen and oxygen atoms in total. The van der Waals surface area contributed by atoms with Gasteiger partial charge in [-0.2, -0.15) is 0 Å². The third-order valence-electron chi connectivity index (χ3n) is 4.38. The monoisotopic (exact) mass is 279 g/mol. The molecule has 1 atom stereocenters. The molecule has 1 fully saturated rings. The summed E-state index contributed by atoms with van der Waals surface area (Å²) < 4.78 is 0. The first-order valence-corrected chi connectivity index (χ1v) is 8.98. The van der Waals surface area contributed by atoms with Gasteiger partial charge in [-0.15, -0.1) is 11.3 Å². The zero-order valence-electron chi connectivity index (χ0n) is 12.6. The zero-order chi connectivity index (χ0) is 13.5. The molecule has 0 saturated heterocycles. The lowest BCUT2D eigenvalue weighted by atomic mass is 9.85. The lowest BCUT2D eigenvalue weighted by molar-refractivity contribution is 0.294. The third-order valence-corrected chi connectivity index (χ3v) is 5.70. The third kappa shape index (κ3) is 4.32. The van der Waals surface area contributed by atoms with Gasteiger partial charge < -0.3 is 5.32 Å². The van der Waals surface area contributed by atoms with Crippen molar-refractivity contribution < 1.29 is 0 Å². The molecule has 0 radical (unpaired) electrons. The molecule has 1 aliphatic rings. The molecule has 1 saturated carbocycles. The van der Waals surface area contributed by atoms with Crippen LogP contribution in [-0.4, -0.2) is 6.54 Å². The van der Waals surface area contributed by atoms with Gasteiger partial charge in [0, 0.05) is 15.8 Å². The van der Waals surface area contributed by atoms with Crippen LogP contribution < -0.4 is 5.32 Å². The second-order valence-corrected chi connectivity index (χ2v) is 7.00. The van der Waals surface area contributed by atoms with E-state index in [4.69, 9.17) is 0 Å². The van der Waals surface area contributed by atoms with Crippen molar-refractivity contribution in [3.63, 3.8) is 0 Å². The van der Waals surface area contributed by atoms with Crippen molar-refractivity contribution in [1.29, 1.82) is 0 Å². The minimum Gasteiger partial charge on any atom is -0.309 e. The first kappa shape index (κ1) is 15.1. The highest BCUT2D eigenvalue weighted by atomic mass is 32.1. The lowest BCUT2D eigenvalue weighted by Crippen LogP contribution is -2.28. The maximum absolute atomic E-state index is 3.76. The van der Waals surface area contributed by atoms with E-state index in [-0.39, 0.29) is 0 Å². The maximum atomic E-state index is 3.76. The van der Waals surface area contributed by atoms with Gasteiger partial charge in [0.05, 0.1) is 0 Å². The predicted molar refractivity (Wildman–Crippen MR) is 85.9 cm³/mol. The highest BCUT2D eigenvalue weighted by Gasteiger charge is 2.24. The molecule has 1 aliphatic carbocycles. The van der Waals surface area contributed by atoms with Gasteiger partial charge in [0.25, 0.3) is 0 Å². The fraction of sp³-hybridized carbons (Fsp3) is 0.765. The lowest BCUT2D eigenvalue weighted by Gasteiger charge is -2.28. The summed E-state index contributed by atoms with van der Waals surface area (Å²) in [4.78, 5) is 3.10. The van der Waals surface area contributed by atoms with Crippen molar-refractivity contribution in [2.24, 2.45) is 5.92 Å². The molecular weight excluding hydrogens is 250 g/mol. The van der Waals surface area contributed by atoms with Gasteiger partial charge in [0.2, 0.25) is 0 Å². The van der Waals surface area contributed by atoms with Crippen LogP contribution in [0.5, 0.6) is 0 Å². The second-order valence-electron chi connectivity index (χ2n) is 5.80. The maximum Gasteiger partial charge on any atom is 0.0443 e. The summed E-state index contributed by atoms with van der Waals surface area (Å²) in [6.45, 7) is 5.58. The van der Waals surface area contributed by atoms with Crippen LogP contribution in [0.1, 0.15) is 74.6 Å². The quantitative estimate of drug-likeness (QED) is 0.769. The van der Waals surface area contributed by atoms with Crippen LogP contribution in [0.15, 0.2) is 12.1 Å². The molecule has 0 aliphatic heterocycles. The van der Waals surface area contributed by atoms with Gasteiger partial charge in [-0.05, 0) is 43.9 Å². The number of aryl methyl sites for hydroxylation is 1. The average Bonchev–Trinajstić information content (AvgIpc) is 2.85. The Kier molecular flexibility index (Phi) is 6.39. The Labute approximate surface area is 122 Å². The zero-order valence-corrected chi connectivity index (χ0v) is 13.4. The number of nitrogens with one attached hydrogen (secondary N) is 1. The molecular formula is C17H29NS. The van der Waals surface area contributed by atoms with E-state index >= 15 is 0 Å². The van der Waals surface area contributed by atoms with Crippen molar-refractivity contribution in [2.75, 3.05) is 6.54 Å². The van der Waals surface area contributed by atoms with E-state index in [0.717, 1.165) is 12.5 Å². The highest BCUT2D eigenvalue weighted by molar-refractivity contribution is 7.12. The van der Waals surface area contributed by atoms with E-state index in [2.05, 4.69) is 31.3 Å². The molecule has 0 bridgehead atoms. The molecule has 1 unspecified atom stereocenters. The van der Waals surface area contributed by atoms with E-state index in [9.17, 15) is 0 Å². The SMILES string of the molecule is CCNC(c1ccc(CC)s1)C1CCCCCCC1. The molecule has 2 heteroatoms. The van der Waals surface area contributed by atoms with Gasteiger partial charge in [-0.1, -0.05) is 46.0 Å². The number of hydrogen-bond acceptors (Lipinski definition) is 2. The summed E-state index contributed by atoms with van der Waals surface area (Å²) in [5, 5.41) is 3.76. The van der Waals surface area contributed by atoms with Crippen LogP contribution in [0.4, 0.5) is 0 Å². The number of rotatable bonds is 5. The highest BCUT2D eigenvalue weighted by Crippen LogP contribution is 2.36. The van der Waals surface area contributed by atoms with Crippen molar-refractivity contribution in [2.45, 2.75) is 71.3 Å². The van der Waals surface area contributed by atoms with Gasteiger partial charge in [0.15, 0.2) is 0 Å². The topological polar surface area (TPSA) is 12.0 Å². The Morgan fingerprint density at radius 1 is 1.11 bits per heavy atom. The molecule has 1 N–H and O–H groups in total. The van der Waals surface area contributed by atoms with E-state index in [0.29, 0.717) is 6.04 Å². The summed E-state index contributed by atoms with van der Waals surface area (Å²) in [5.41, 5.74) is 0. The van der Waals surface area contributed by atoms with Crippen molar-refractivity contribution in [3.05, 3.63) is 21.9 Å². The molecule has 1 heterocycles. The normalized spacial score (nSPS) is 19.9. The molecule has 108 valence electrons. The van der Waals surface area contributed by atoms with E-state index < -0.39 is 0 Å². The standard InChI is InChI=1S/C17H29NS/c1-3-15-12-13-16(19-15)17(18-4-2)14-10-8-6-5-7-9-11-14/h12-14,17-18H,3-11H2,1-2H3. The van der Waals surface area contributed by atoms with Crippen LogP contribution in [0.2, 0.25) is 0 Å². The molecule has 2 rings (SSSR count). The summed E-state index contributed by atoms with van der Waals surface area (Å²) >= 11 is 2.02. The number of hydrogen-bond donors (Lipinski definition) is 1. The Morgan fingerprint density at radius 3 is 2.37 bits per heavy atom. The molecule has 1 aromatic rings. The molecule has 0 amide bonds. The molecule has 0 spiro atoms. The van der Waals surface area contributed by atoms with Crippen LogP contribution >= 0.6 is 11.3 Å². The summed E-state index contributed by atoms with van der Waals surface area (Å²) in [6.07, 6.45) is 11.2. The minimum atomic E-state index is 0.605. The van der Waals surface area contributed by atoms with E-state index in [1.54, 1.807) is 4.88 Å². The van der Waals surface area contributed by atoms with Crippen molar-refractivity contribution in [3.8, 4) is 0 Å². The summed E-state index contributed by atoms with van der Waals surface area (Å²) in [5.74, 6) is 0.851. The fourth-order valence-corrected chi connectivity index (χ4v) is 4.41. The average molecular weight is 279 g/mol. The van der Waals surface area contributed by atoms with Crippen molar-refractivity contribution >= 4 is 11.3 Å². The van der Waals surface area contributed by atoms with Crippen molar-refractivity contribution in [1.82, 2.24) is 5.32 Å². The van der Waals surface area contributed by atoms with Crippen LogP contribution in [0.3, 0.4) is 0 Å². The Balaban J connectivity index is 2.08. The first-order chi connectivity index (χ1) is 9.35. The second kappa shape index (κ2) is 8.06. The van der Waals surface area contributed by atoms with Crippen LogP contribution in [0.25, 0.3) is 0 Å². The van der Waals surface area contributed by atoms with Gasteiger partial charge in [-0.25, -0.2) is 0 Å². The first-order valence-electron chi connectivity index (χ1n) is 8.17. The fourth-order valence-electron chi connectivity index (χ4n) is 3.29. The van der Waals surface area contributed by atoms with E-state index in [1.165, 1.54) is 56.2 Å². The van der Waals surface area contributed by atoms with Crippen LogP contribution in [0, 0.1) is 5.92 Å². The smallest absolute Gasteiger partial charge is 0.0443 e. The summed E-state index contributed by atoms with van der Waals surface area (Å²) in [7, 11) is 0. The Bertz CT molecular complexity index is 350. The van der Waals surface area contributed by atoms with E-state index in [1.807, 2.05) is 11.3 Å². The Hall–Kier alpha value is -0.340. The largest absolute Gasteiger partial charge is 0.309 e. The summed E-state index contributed by atoms with van der Waals surface area (Å²) in [6, 6.07) is 5.30. The van der Waals surface area contributed by atoms with Gasteiger partial charge in [0.1, 0.15) is 0 Å². The van der Waals surface area contributed by atoms with Gasteiger partial charge >= 0.3 is 0 Å². The molecule has 19 heavy (non-hydrogen) atoms.